The van der Waals surface area contributed by atoms with E-state index in [9.17, 15) is 26.3 Å². The smallest absolute Gasteiger partial charge is 0.429 e. The summed E-state index contributed by atoms with van der Waals surface area (Å²) in [5.41, 5.74) is -1.47. The summed E-state index contributed by atoms with van der Waals surface area (Å²) in [6.45, 7) is 2.72. The van der Waals surface area contributed by atoms with Gasteiger partial charge in [-0.25, -0.2) is 26.3 Å². The zero-order valence-corrected chi connectivity index (χ0v) is 24.0. The largest absolute Gasteiger partial charge is 0.432 e. The lowest BCUT2D eigenvalue weighted by molar-refractivity contribution is -0.206. The van der Waals surface area contributed by atoms with Crippen LogP contribution in [-0.2, 0) is 15.6 Å². The normalized spacial score (nSPS) is 17.0. The molecular formula is C34H28F8O3. The summed E-state index contributed by atoms with van der Waals surface area (Å²) in [6.07, 6.45) is -1.47. The summed E-state index contributed by atoms with van der Waals surface area (Å²) < 4.78 is 131. The second-order valence-corrected chi connectivity index (χ2v) is 10.8. The van der Waals surface area contributed by atoms with Crippen LogP contribution in [0.4, 0.5) is 35.1 Å². The highest BCUT2D eigenvalue weighted by Gasteiger charge is 2.42. The maximum absolute atomic E-state index is 15.0. The summed E-state index contributed by atoms with van der Waals surface area (Å²) >= 11 is 0. The minimum absolute atomic E-state index is 0.0751. The van der Waals surface area contributed by atoms with Crippen molar-refractivity contribution in [3.63, 3.8) is 0 Å². The third-order valence-corrected chi connectivity index (χ3v) is 7.51. The van der Waals surface area contributed by atoms with Crippen molar-refractivity contribution in [3.8, 4) is 28.0 Å². The van der Waals surface area contributed by atoms with E-state index < -0.39 is 58.6 Å². The summed E-state index contributed by atoms with van der Waals surface area (Å²) in [7, 11) is 0. The molecule has 0 aromatic heterocycles. The standard InChI is InChI=1S/C34H28F8O3/c1-2-3-4-5-19-17-43-33(44-18-19)23-15-27(36)31(28(37)16-23)34(41,42)45-24-9-6-20(7-10-24)21-8-11-25(26(35)12-21)22-13-29(38)32(40)30(39)14-22/h6-16,19,33H,2-5,17-18H2,1H3. The van der Waals surface area contributed by atoms with Crippen molar-refractivity contribution in [2.24, 2.45) is 5.92 Å². The Morgan fingerprint density at radius 3 is 1.84 bits per heavy atom. The van der Waals surface area contributed by atoms with E-state index in [0.29, 0.717) is 30.9 Å². The second-order valence-electron chi connectivity index (χ2n) is 10.8. The molecule has 0 atom stereocenters. The third kappa shape index (κ3) is 7.31. The highest BCUT2D eigenvalue weighted by molar-refractivity contribution is 5.71. The molecule has 4 aromatic carbocycles. The summed E-state index contributed by atoms with van der Waals surface area (Å²) in [5.74, 6) is -8.89. The molecule has 0 bridgehead atoms. The van der Waals surface area contributed by atoms with E-state index in [4.69, 9.17) is 9.47 Å². The van der Waals surface area contributed by atoms with Crippen LogP contribution in [0.5, 0.6) is 5.75 Å². The number of rotatable bonds is 10. The van der Waals surface area contributed by atoms with Gasteiger partial charge >= 0.3 is 6.11 Å². The Hall–Kier alpha value is -3.96. The van der Waals surface area contributed by atoms with Crippen molar-refractivity contribution in [3.05, 3.63) is 113 Å². The van der Waals surface area contributed by atoms with E-state index >= 15 is 8.78 Å². The Morgan fingerprint density at radius 2 is 1.27 bits per heavy atom. The van der Waals surface area contributed by atoms with E-state index in [-0.39, 0.29) is 28.2 Å². The molecule has 11 heteroatoms. The van der Waals surface area contributed by atoms with Gasteiger partial charge in [-0.2, -0.15) is 8.78 Å². The van der Waals surface area contributed by atoms with Crippen LogP contribution in [0, 0.1) is 40.8 Å². The van der Waals surface area contributed by atoms with Gasteiger partial charge in [-0.3, -0.25) is 0 Å². The zero-order chi connectivity index (χ0) is 32.3. The Labute approximate surface area is 254 Å². The average molecular weight is 637 g/mol. The van der Waals surface area contributed by atoms with Crippen LogP contribution < -0.4 is 4.74 Å². The van der Waals surface area contributed by atoms with Crippen molar-refractivity contribution in [2.75, 3.05) is 13.2 Å². The van der Waals surface area contributed by atoms with Crippen LogP contribution >= 0.6 is 0 Å². The predicted molar refractivity (Wildman–Crippen MR) is 150 cm³/mol. The number of alkyl halides is 2. The molecule has 5 rings (SSSR count). The van der Waals surface area contributed by atoms with Crippen molar-refractivity contribution in [1.29, 1.82) is 0 Å². The molecule has 3 nitrogen and oxygen atoms in total. The Bertz CT molecular complexity index is 1600. The first-order valence-electron chi connectivity index (χ1n) is 14.3. The molecule has 0 aliphatic carbocycles. The molecule has 1 saturated heterocycles. The topological polar surface area (TPSA) is 27.7 Å². The van der Waals surface area contributed by atoms with Crippen molar-refractivity contribution in [1.82, 2.24) is 0 Å². The molecule has 0 radical (unpaired) electrons. The van der Waals surface area contributed by atoms with Gasteiger partial charge in [0.2, 0.25) is 0 Å². The molecule has 0 unspecified atom stereocenters. The Balaban J connectivity index is 1.27. The molecule has 0 spiro atoms. The lowest BCUT2D eigenvalue weighted by Crippen LogP contribution is -2.28. The van der Waals surface area contributed by atoms with Crippen LogP contribution in [0.1, 0.15) is 50.0 Å². The van der Waals surface area contributed by atoms with Gasteiger partial charge in [0.25, 0.3) is 0 Å². The molecule has 1 heterocycles. The first kappa shape index (κ1) is 32.4. The van der Waals surface area contributed by atoms with Crippen molar-refractivity contribution >= 4 is 0 Å². The molecule has 0 amide bonds. The molecule has 0 N–H and O–H groups in total. The van der Waals surface area contributed by atoms with E-state index in [0.717, 1.165) is 56.0 Å². The van der Waals surface area contributed by atoms with E-state index in [1.165, 1.54) is 24.3 Å². The van der Waals surface area contributed by atoms with Crippen LogP contribution in [0.3, 0.4) is 0 Å². The average Bonchev–Trinajstić information content (AvgIpc) is 2.99. The second kappa shape index (κ2) is 13.6. The van der Waals surface area contributed by atoms with Gasteiger partial charge in [-0.1, -0.05) is 50.5 Å². The SMILES string of the molecule is CCCCCC1COC(c2cc(F)c(C(F)(F)Oc3ccc(-c4ccc(-c5cc(F)c(F)c(F)c5)c(F)c4)cc3)c(F)c2)OC1. The van der Waals surface area contributed by atoms with E-state index in [1.807, 2.05) is 0 Å². The zero-order valence-electron chi connectivity index (χ0n) is 24.0. The molecular weight excluding hydrogens is 608 g/mol. The van der Waals surface area contributed by atoms with Crippen LogP contribution in [0.15, 0.2) is 66.7 Å². The summed E-state index contributed by atoms with van der Waals surface area (Å²) in [6, 6.07) is 11.3. The molecule has 45 heavy (non-hydrogen) atoms. The number of unbranched alkanes of at least 4 members (excludes halogenated alkanes) is 2. The number of ether oxygens (including phenoxy) is 3. The lowest BCUT2D eigenvalue weighted by atomic mass is 9.99. The fourth-order valence-electron chi connectivity index (χ4n) is 5.15. The highest BCUT2D eigenvalue weighted by Crippen LogP contribution is 2.38. The summed E-state index contributed by atoms with van der Waals surface area (Å²) in [5, 5.41) is 0. The van der Waals surface area contributed by atoms with Gasteiger partial charge in [0, 0.05) is 17.0 Å². The van der Waals surface area contributed by atoms with E-state index in [2.05, 4.69) is 11.7 Å². The Morgan fingerprint density at radius 1 is 0.689 bits per heavy atom. The maximum Gasteiger partial charge on any atom is 0.432 e. The van der Waals surface area contributed by atoms with E-state index in [1.54, 1.807) is 0 Å². The van der Waals surface area contributed by atoms with Gasteiger partial charge in [0.15, 0.2) is 23.7 Å². The number of halogens is 8. The summed E-state index contributed by atoms with van der Waals surface area (Å²) in [4.78, 5) is 0. The molecule has 1 aliphatic rings. The van der Waals surface area contributed by atoms with Gasteiger partial charge in [0.05, 0.1) is 13.2 Å². The quantitative estimate of drug-likeness (QED) is 0.0985. The number of benzene rings is 4. The van der Waals surface area contributed by atoms with Gasteiger partial charge in [-0.15, -0.1) is 0 Å². The first-order chi connectivity index (χ1) is 21.5. The van der Waals surface area contributed by atoms with Gasteiger partial charge in [0.1, 0.15) is 28.8 Å². The van der Waals surface area contributed by atoms with Gasteiger partial charge in [-0.05, 0) is 65.6 Å². The molecule has 1 aliphatic heterocycles. The minimum Gasteiger partial charge on any atom is -0.429 e. The third-order valence-electron chi connectivity index (χ3n) is 7.51. The molecule has 1 fully saturated rings. The molecule has 0 saturated carbocycles. The molecule has 4 aromatic rings. The Kier molecular flexibility index (Phi) is 9.79. The number of hydrogen-bond donors (Lipinski definition) is 0. The monoisotopic (exact) mass is 636 g/mol. The fourth-order valence-corrected chi connectivity index (χ4v) is 5.15. The van der Waals surface area contributed by atoms with Crippen LogP contribution in [0.2, 0.25) is 0 Å². The maximum atomic E-state index is 15.0. The first-order valence-corrected chi connectivity index (χ1v) is 14.3. The lowest BCUT2D eigenvalue weighted by Gasteiger charge is -2.30. The van der Waals surface area contributed by atoms with Crippen molar-refractivity contribution in [2.45, 2.75) is 45.0 Å². The number of hydrogen-bond acceptors (Lipinski definition) is 3. The molecule has 238 valence electrons. The van der Waals surface area contributed by atoms with Gasteiger partial charge < -0.3 is 14.2 Å². The van der Waals surface area contributed by atoms with Crippen LogP contribution in [-0.4, -0.2) is 13.2 Å². The van der Waals surface area contributed by atoms with Crippen LogP contribution in [0.25, 0.3) is 22.3 Å². The highest BCUT2D eigenvalue weighted by atomic mass is 19.3. The van der Waals surface area contributed by atoms with Crippen molar-refractivity contribution < 1.29 is 49.3 Å². The predicted octanol–water partition coefficient (Wildman–Crippen LogP) is 10.2. The fraction of sp³-hybridized carbons (Fsp3) is 0.294. The minimum atomic E-state index is -4.40.